The number of fused-ring (bicyclic) bond motifs is 1. The molecule has 3 rings (SSSR count). The number of aromatic nitrogens is 1. The minimum atomic E-state index is 0.192. The van der Waals surface area contributed by atoms with E-state index in [2.05, 4.69) is 17.2 Å². The van der Waals surface area contributed by atoms with Crippen LogP contribution >= 0.6 is 0 Å². The molecule has 20 heavy (non-hydrogen) atoms. The zero-order valence-corrected chi connectivity index (χ0v) is 11.7. The van der Waals surface area contributed by atoms with Crippen LogP contribution in [0.3, 0.4) is 0 Å². The third-order valence-electron chi connectivity index (χ3n) is 3.88. The molecule has 1 N–H and O–H groups in total. The fourth-order valence-corrected chi connectivity index (χ4v) is 2.79. The summed E-state index contributed by atoms with van der Waals surface area (Å²) in [4.78, 5) is 18.9. The van der Waals surface area contributed by atoms with E-state index < -0.39 is 0 Å². The Morgan fingerprint density at radius 1 is 1.40 bits per heavy atom. The maximum atomic E-state index is 12.5. The summed E-state index contributed by atoms with van der Waals surface area (Å²) in [6.07, 6.45) is 2.21. The summed E-state index contributed by atoms with van der Waals surface area (Å²) in [6.45, 7) is 4.63. The molecule has 4 heteroatoms. The highest BCUT2D eigenvalue weighted by Gasteiger charge is 2.23. The summed E-state index contributed by atoms with van der Waals surface area (Å²) in [5.41, 5.74) is 1.95. The Kier molecular flexibility index (Phi) is 3.65. The largest absolute Gasteiger partial charge is 0.337 e. The number of nitrogens with zero attached hydrogens (tertiary/aromatic N) is 2. The monoisotopic (exact) mass is 269 g/mol. The van der Waals surface area contributed by atoms with Crippen molar-refractivity contribution in [3.05, 3.63) is 42.1 Å². The Bertz CT molecular complexity index is 621. The topological polar surface area (TPSA) is 45.2 Å². The van der Waals surface area contributed by atoms with Crippen LogP contribution in [-0.4, -0.2) is 41.5 Å². The smallest absolute Gasteiger partial charge is 0.227 e. The lowest BCUT2D eigenvalue weighted by Gasteiger charge is -2.34. The highest BCUT2D eigenvalue weighted by molar-refractivity contribution is 5.87. The molecule has 4 nitrogen and oxygen atoms in total. The van der Waals surface area contributed by atoms with Crippen LogP contribution in [-0.2, 0) is 11.2 Å². The van der Waals surface area contributed by atoms with Crippen molar-refractivity contribution in [2.75, 3.05) is 19.6 Å². The van der Waals surface area contributed by atoms with Gasteiger partial charge in [-0.25, -0.2) is 0 Å². The number of hydrogen-bond acceptors (Lipinski definition) is 3. The summed E-state index contributed by atoms with van der Waals surface area (Å²) in [5, 5.41) is 4.40. The van der Waals surface area contributed by atoms with Gasteiger partial charge in [0.2, 0.25) is 5.91 Å². The van der Waals surface area contributed by atoms with E-state index in [0.717, 1.165) is 36.1 Å². The number of amides is 1. The second-order valence-corrected chi connectivity index (χ2v) is 5.31. The average Bonchev–Trinajstić information content (AvgIpc) is 2.48. The number of benzene rings is 1. The Labute approximate surface area is 118 Å². The van der Waals surface area contributed by atoms with Crippen molar-refractivity contribution in [3.63, 3.8) is 0 Å². The molecule has 0 saturated carbocycles. The maximum absolute atomic E-state index is 12.5. The summed E-state index contributed by atoms with van der Waals surface area (Å²) in [6, 6.07) is 10.2. The molecule has 0 radical (unpaired) electrons. The molecule has 1 saturated heterocycles. The van der Waals surface area contributed by atoms with Crippen molar-refractivity contribution < 1.29 is 4.79 Å². The SMILES string of the molecule is C[C@@H]1CNCCN1C(=O)Cc1cccc2cccnc12. The number of para-hydroxylation sites is 1. The third kappa shape index (κ3) is 2.51. The van der Waals surface area contributed by atoms with Crippen LogP contribution in [0.1, 0.15) is 12.5 Å². The van der Waals surface area contributed by atoms with E-state index in [0.29, 0.717) is 6.42 Å². The molecule has 2 aromatic rings. The molecule has 0 unspecified atom stereocenters. The number of rotatable bonds is 2. The van der Waals surface area contributed by atoms with Crippen LogP contribution in [0.4, 0.5) is 0 Å². The average molecular weight is 269 g/mol. The Morgan fingerprint density at radius 2 is 2.25 bits per heavy atom. The minimum Gasteiger partial charge on any atom is -0.337 e. The normalized spacial score (nSPS) is 19.2. The molecular weight excluding hydrogens is 250 g/mol. The van der Waals surface area contributed by atoms with Gasteiger partial charge in [-0.3, -0.25) is 9.78 Å². The van der Waals surface area contributed by atoms with Gasteiger partial charge in [0, 0.05) is 37.3 Å². The van der Waals surface area contributed by atoms with Crippen LogP contribution in [0.15, 0.2) is 36.5 Å². The van der Waals surface area contributed by atoms with Crippen molar-refractivity contribution >= 4 is 16.8 Å². The fourth-order valence-electron chi connectivity index (χ4n) is 2.79. The summed E-state index contributed by atoms with van der Waals surface area (Å²) in [5.74, 6) is 0.192. The second-order valence-electron chi connectivity index (χ2n) is 5.31. The molecule has 0 aliphatic carbocycles. The van der Waals surface area contributed by atoms with Gasteiger partial charge in [0.05, 0.1) is 11.9 Å². The lowest BCUT2D eigenvalue weighted by molar-refractivity contribution is -0.133. The first kappa shape index (κ1) is 13.1. The number of nitrogens with one attached hydrogen (secondary N) is 1. The highest BCUT2D eigenvalue weighted by Crippen LogP contribution is 2.17. The highest BCUT2D eigenvalue weighted by atomic mass is 16.2. The predicted molar refractivity (Wildman–Crippen MR) is 79.5 cm³/mol. The molecular formula is C16H19N3O. The molecule has 0 spiro atoms. The van der Waals surface area contributed by atoms with Crippen molar-refractivity contribution in [1.82, 2.24) is 15.2 Å². The lowest BCUT2D eigenvalue weighted by Crippen LogP contribution is -2.52. The number of carbonyl (C=O) groups is 1. The first-order valence-electron chi connectivity index (χ1n) is 7.08. The van der Waals surface area contributed by atoms with E-state index in [-0.39, 0.29) is 11.9 Å². The molecule has 1 aliphatic rings. The maximum Gasteiger partial charge on any atom is 0.227 e. The van der Waals surface area contributed by atoms with Gasteiger partial charge in [-0.2, -0.15) is 0 Å². The quantitative estimate of drug-likeness (QED) is 0.900. The van der Waals surface area contributed by atoms with Crippen molar-refractivity contribution in [2.24, 2.45) is 0 Å². The van der Waals surface area contributed by atoms with Gasteiger partial charge in [-0.1, -0.05) is 24.3 Å². The van der Waals surface area contributed by atoms with Crippen molar-refractivity contribution in [3.8, 4) is 0 Å². The molecule has 1 aromatic heterocycles. The van der Waals surface area contributed by atoms with E-state index in [1.807, 2.05) is 35.2 Å². The molecule has 1 atom stereocenters. The van der Waals surface area contributed by atoms with Gasteiger partial charge >= 0.3 is 0 Å². The van der Waals surface area contributed by atoms with Gasteiger partial charge in [0.25, 0.3) is 0 Å². The molecule has 1 fully saturated rings. The summed E-state index contributed by atoms with van der Waals surface area (Å²) in [7, 11) is 0. The van der Waals surface area contributed by atoms with E-state index in [1.54, 1.807) is 6.20 Å². The molecule has 0 bridgehead atoms. The molecule has 1 aliphatic heterocycles. The first-order chi connectivity index (χ1) is 9.75. The van der Waals surface area contributed by atoms with E-state index in [9.17, 15) is 4.79 Å². The first-order valence-corrected chi connectivity index (χ1v) is 7.08. The third-order valence-corrected chi connectivity index (χ3v) is 3.88. The van der Waals surface area contributed by atoms with Gasteiger partial charge in [-0.05, 0) is 18.6 Å². The number of piperazine rings is 1. The summed E-state index contributed by atoms with van der Waals surface area (Å²) >= 11 is 0. The Hall–Kier alpha value is -1.94. The summed E-state index contributed by atoms with van der Waals surface area (Å²) < 4.78 is 0. The Morgan fingerprint density at radius 3 is 3.10 bits per heavy atom. The van der Waals surface area contributed by atoms with E-state index in [1.165, 1.54) is 0 Å². The molecule has 1 amide bonds. The zero-order chi connectivity index (χ0) is 13.9. The zero-order valence-electron chi connectivity index (χ0n) is 11.7. The van der Waals surface area contributed by atoms with Gasteiger partial charge < -0.3 is 10.2 Å². The predicted octanol–water partition coefficient (Wildman–Crippen LogP) is 1.60. The standard InChI is InChI=1S/C16H19N3O/c1-12-11-17-8-9-19(12)15(20)10-14-5-2-4-13-6-3-7-18-16(13)14/h2-7,12,17H,8-11H2,1H3/t12-/m1/s1. The molecule has 1 aromatic carbocycles. The molecule has 2 heterocycles. The van der Waals surface area contributed by atoms with Gasteiger partial charge in [-0.15, -0.1) is 0 Å². The van der Waals surface area contributed by atoms with Crippen LogP contribution in [0, 0.1) is 0 Å². The minimum absolute atomic E-state index is 0.192. The number of carbonyl (C=O) groups excluding carboxylic acids is 1. The van der Waals surface area contributed by atoms with Crippen molar-refractivity contribution in [2.45, 2.75) is 19.4 Å². The van der Waals surface area contributed by atoms with Crippen LogP contribution in [0.2, 0.25) is 0 Å². The Balaban J connectivity index is 1.84. The van der Waals surface area contributed by atoms with Crippen LogP contribution < -0.4 is 5.32 Å². The second kappa shape index (κ2) is 5.59. The van der Waals surface area contributed by atoms with Gasteiger partial charge in [0.15, 0.2) is 0 Å². The van der Waals surface area contributed by atoms with Crippen LogP contribution in [0.25, 0.3) is 10.9 Å². The fraction of sp³-hybridized carbons (Fsp3) is 0.375. The van der Waals surface area contributed by atoms with Gasteiger partial charge in [0.1, 0.15) is 0 Å². The van der Waals surface area contributed by atoms with Crippen molar-refractivity contribution in [1.29, 1.82) is 0 Å². The number of hydrogen-bond donors (Lipinski definition) is 1. The molecule has 104 valence electrons. The van der Waals surface area contributed by atoms with E-state index >= 15 is 0 Å². The van der Waals surface area contributed by atoms with Crippen LogP contribution in [0.5, 0.6) is 0 Å². The number of pyridine rings is 1. The lowest BCUT2D eigenvalue weighted by atomic mass is 10.1. The van der Waals surface area contributed by atoms with E-state index in [4.69, 9.17) is 0 Å².